The van der Waals surface area contributed by atoms with Crippen molar-refractivity contribution < 1.29 is 19.4 Å². The molecule has 0 saturated carbocycles. The number of ether oxygens (including phenoxy) is 2. The van der Waals surface area contributed by atoms with E-state index in [0.29, 0.717) is 18.2 Å². The number of hydrogen-bond donors (Lipinski definition) is 1. The second-order valence-corrected chi connectivity index (χ2v) is 6.60. The molecular weight excluding hydrogens is 384 g/mol. The fourth-order valence-electron chi connectivity index (χ4n) is 3.15. The summed E-state index contributed by atoms with van der Waals surface area (Å²) in [5.41, 5.74) is 1.09. The number of methoxy groups -OCH3 is 1. The second kappa shape index (κ2) is 9.89. The number of azo groups is 1. The van der Waals surface area contributed by atoms with Gasteiger partial charge in [-0.2, -0.15) is 0 Å². The highest BCUT2D eigenvalue weighted by Crippen LogP contribution is 2.39. The zero-order valence-corrected chi connectivity index (χ0v) is 17.4. The second-order valence-electron chi connectivity index (χ2n) is 6.60. The maximum absolute atomic E-state index is 12.2. The maximum Gasteiger partial charge on any atom is 0.302 e. The van der Waals surface area contributed by atoms with Crippen molar-refractivity contribution >= 4 is 22.5 Å². The van der Waals surface area contributed by atoms with Gasteiger partial charge in [-0.15, -0.1) is 10.2 Å². The van der Waals surface area contributed by atoms with E-state index in [1.807, 2.05) is 30.3 Å². The molecule has 0 fully saturated rings. The molecule has 3 rings (SSSR count). The van der Waals surface area contributed by atoms with Crippen molar-refractivity contribution in [3.63, 3.8) is 0 Å². The Bertz CT molecular complexity index is 1040. The quantitative estimate of drug-likeness (QED) is 0.530. The molecule has 158 valence electrons. The monoisotopic (exact) mass is 410 g/mol. The molecule has 2 aromatic carbocycles. The molecule has 1 amide bonds. The molecule has 0 atom stereocenters. The molecule has 0 radical (unpaired) electrons. The maximum atomic E-state index is 12.2. The number of hydrogen-bond acceptors (Lipinski definition) is 6. The Balaban J connectivity index is 1.80. The molecule has 1 aromatic heterocycles. The molecule has 1 heterocycles. The normalized spacial score (nSPS) is 11.5. The fourth-order valence-corrected chi connectivity index (χ4v) is 3.15. The largest absolute Gasteiger partial charge is 0.493 e. The zero-order valence-electron chi connectivity index (χ0n) is 17.4. The Morgan fingerprint density at radius 2 is 1.73 bits per heavy atom. The van der Waals surface area contributed by atoms with Gasteiger partial charge in [0.1, 0.15) is 0 Å². The molecule has 0 bridgehead atoms. The van der Waals surface area contributed by atoms with Gasteiger partial charge in [-0.3, -0.25) is 14.3 Å². The number of benzene rings is 2. The lowest BCUT2D eigenvalue weighted by molar-refractivity contribution is -0.120. The first-order valence-electron chi connectivity index (χ1n) is 9.81. The minimum atomic E-state index is -0.569. The molecule has 1 N–H and O–H groups in total. The van der Waals surface area contributed by atoms with E-state index in [2.05, 4.69) is 29.0 Å². The van der Waals surface area contributed by atoms with Gasteiger partial charge < -0.3 is 14.6 Å². The zero-order chi connectivity index (χ0) is 21.5. The predicted molar refractivity (Wildman–Crippen MR) is 115 cm³/mol. The Hall–Kier alpha value is -3.39. The highest BCUT2D eigenvalue weighted by molar-refractivity contribution is 5.95. The number of para-hydroxylation sites is 3. The molecule has 0 spiro atoms. The lowest BCUT2D eigenvalue weighted by Crippen LogP contribution is -2.25. The Morgan fingerprint density at radius 3 is 2.43 bits per heavy atom. The Labute approximate surface area is 175 Å². The van der Waals surface area contributed by atoms with Gasteiger partial charge in [-0.05, 0) is 31.3 Å². The van der Waals surface area contributed by atoms with Crippen LogP contribution in [-0.4, -0.2) is 47.3 Å². The minimum absolute atomic E-state index is 0.0229. The first-order valence-corrected chi connectivity index (χ1v) is 9.81. The van der Waals surface area contributed by atoms with Crippen LogP contribution in [0.15, 0.2) is 58.8 Å². The average molecular weight is 410 g/mol. The third-order valence-corrected chi connectivity index (χ3v) is 4.84. The summed E-state index contributed by atoms with van der Waals surface area (Å²) in [6, 6.07) is 14.5. The molecule has 0 saturated heterocycles. The lowest BCUT2D eigenvalue weighted by atomic mass is 10.2. The standard InChI is InChI=1S/C22H26N4O4/c1-4-25(5-2)15-26-17-11-7-6-10-16(17)21(22(26)28)24-23-20(27)14-30-19-13-9-8-12-18(19)29-3/h6-13,28H,4-5,14-15H2,1-3H3. The van der Waals surface area contributed by atoms with Crippen LogP contribution in [0.4, 0.5) is 5.69 Å². The summed E-state index contributed by atoms with van der Waals surface area (Å²) in [4.78, 5) is 14.4. The van der Waals surface area contributed by atoms with Crippen LogP contribution in [0.5, 0.6) is 17.4 Å². The summed E-state index contributed by atoms with van der Waals surface area (Å²) < 4.78 is 12.4. The van der Waals surface area contributed by atoms with Crippen LogP contribution in [0.3, 0.4) is 0 Å². The summed E-state index contributed by atoms with van der Waals surface area (Å²) in [5.74, 6) is 0.382. The summed E-state index contributed by atoms with van der Waals surface area (Å²) in [5, 5.41) is 19.3. The summed E-state index contributed by atoms with van der Waals surface area (Å²) in [6.07, 6.45) is 0. The first kappa shape index (κ1) is 21.3. The predicted octanol–water partition coefficient (Wildman–Crippen LogP) is 4.34. The number of aromatic nitrogens is 1. The van der Waals surface area contributed by atoms with Crippen molar-refractivity contribution in [3.8, 4) is 17.4 Å². The fraction of sp³-hybridized carbons (Fsp3) is 0.318. The average Bonchev–Trinajstić information content (AvgIpc) is 3.05. The number of fused-ring (bicyclic) bond motifs is 1. The Morgan fingerprint density at radius 1 is 1.07 bits per heavy atom. The van der Waals surface area contributed by atoms with Crippen LogP contribution >= 0.6 is 0 Å². The molecule has 30 heavy (non-hydrogen) atoms. The van der Waals surface area contributed by atoms with Crippen LogP contribution < -0.4 is 9.47 Å². The summed E-state index contributed by atoms with van der Waals surface area (Å²) in [6.45, 7) is 6.04. The van der Waals surface area contributed by atoms with Gasteiger partial charge >= 0.3 is 5.91 Å². The van der Waals surface area contributed by atoms with E-state index < -0.39 is 5.91 Å². The van der Waals surface area contributed by atoms with Gasteiger partial charge in [0.2, 0.25) is 5.88 Å². The van der Waals surface area contributed by atoms with Gasteiger partial charge in [0.15, 0.2) is 23.8 Å². The molecule has 0 aliphatic carbocycles. The van der Waals surface area contributed by atoms with Crippen LogP contribution in [0.25, 0.3) is 10.9 Å². The third kappa shape index (κ3) is 4.60. The molecular formula is C22H26N4O4. The van der Waals surface area contributed by atoms with E-state index in [4.69, 9.17) is 9.47 Å². The number of rotatable bonds is 9. The minimum Gasteiger partial charge on any atom is -0.493 e. The van der Waals surface area contributed by atoms with Crippen LogP contribution in [0.2, 0.25) is 0 Å². The van der Waals surface area contributed by atoms with E-state index in [-0.39, 0.29) is 18.2 Å². The van der Waals surface area contributed by atoms with Crippen molar-refractivity contribution in [2.24, 2.45) is 10.2 Å². The van der Waals surface area contributed by atoms with Gasteiger partial charge in [-0.1, -0.05) is 44.2 Å². The number of carbonyl (C=O) groups is 1. The SMILES string of the molecule is CCN(CC)Cn1c(O)c(N=NC(=O)COc2ccccc2OC)c2ccccc21. The van der Waals surface area contributed by atoms with E-state index in [9.17, 15) is 9.90 Å². The summed E-state index contributed by atoms with van der Waals surface area (Å²) in [7, 11) is 1.53. The van der Waals surface area contributed by atoms with Crippen molar-refractivity contribution in [1.29, 1.82) is 0 Å². The van der Waals surface area contributed by atoms with Crippen molar-refractivity contribution in [1.82, 2.24) is 9.47 Å². The van der Waals surface area contributed by atoms with E-state index in [0.717, 1.165) is 24.0 Å². The van der Waals surface area contributed by atoms with Crippen LogP contribution in [0.1, 0.15) is 13.8 Å². The lowest BCUT2D eigenvalue weighted by Gasteiger charge is -2.19. The first-order chi connectivity index (χ1) is 14.6. The van der Waals surface area contributed by atoms with Crippen LogP contribution in [-0.2, 0) is 11.5 Å². The van der Waals surface area contributed by atoms with Gasteiger partial charge in [0, 0.05) is 5.39 Å². The van der Waals surface area contributed by atoms with Crippen molar-refractivity contribution in [3.05, 3.63) is 48.5 Å². The molecule has 8 nitrogen and oxygen atoms in total. The molecule has 0 aliphatic heterocycles. The van der Waals surface area contributed by atoms with E-state index in [1.54, 1.807) is 22.8 Å². The van der Waals surface area contributed by atoms with Gasteiger partial charge in [-0.25, -0.2) is 0 Å². The van der Waals surface area contributed by atoms with E-state index in [1.165, 1.54) is 7.11 Å². The number of amides is 1. The molecule has 8 heteroatoms. The topological polar surface area (TPSA) is 88.7 Å². The molecule has 3 aromatic rings. The molecule has 0 aliphatic rings. The highest BCUT2D eigenvalue weighted by atomic mass is 16.5. The smallest absolute Gasteiger partial charge is 0.302 e. The van der Waals surface area contributed by atoms with E-state index >= 15 is 0 Å². The Kier molecular flexibility index (Phi) is 7.03. The van der Waals surface area contributed by atoms with Crippen molar-refractivity contribution in [2.45, 2.75) is 20.5 Å². The van der Waals surface area contributed by atoms with Gasteiger partial charge in [0.05, 0.1) is 19.3 Å². The van der Waals surface area contributed by atoms with Crippen molar-refractivity contribution in [2.75, 3.05) is 26.8 Å². The molecule has 0 unspecified atom stereocenters. The van der Waals surface area contributed by atoms with Gasteiger partial charge in [0.25, 0.3) is 0 Å². The van der Waals surface area contributed by atoms with Crippen LogP contribution in [0, 0.1) is 0 Å². The number of carbonyl (C=O) groups excluding carboxylic acids is 1. The highest BCUT2D eigenvalue weighted by Gasteiger charge is 2.18. The number of aromatic hydroxyl groups is 1. The third-order valence-electron chi connectivity index (χ3n) is 4.84. The number of nitrogens with zero attached hydrogens (tertiary/aromatic N) is 4. The summed E-state index contributed by atoms with van der Waals surface area (Å²) >= 11 is 0.